The quantitative estimate of drug-likeness (QED) is 0.894. The van der Waals surface area contributed by atoms with Crippen LogP contribution in [0.5, 0.6) is 0 Å². The van der Waals surface area contributed by atoms with E-state index in [0.29, 0.717) is 19.6 Å². The second-order valence-corrected chi connectivity index (χ2v) is 4.17. The van der Waals surface area contributed by atoms with E-state index in [-0.39, 0.29) is 11.6 Å². The second kappa shape index (κ2) is 5.82. The maximum atomic E-state index is 13.6. The average molecular weight is 252 g/mol. The van der Waals surface area contributed by atoms with Gasteiger partial charge in [0.05, 0.1) is 18.9 Å². The van der Waals surface area contributed by atoms with Gasteiger partial charge in [-0.2, -0.15) is 0 Å². The first-order valence-electron chi connectivity index (χ1n) is 6.13. The lowest BCUT2D eigenvalue weighted by Gasteiger charge is -2.29. The SMILES string of the molecule is CCC(=O)Nc1cc(N2CCOCC2)ccc1F. The summed E-state index contributed by atoms with van der Waals surface area (Å²) in [5, 5.41) is 2.57. The van der Waals surface area contributed by atoms with Crippen molar-refractivity contribution in [1.29, 1.82) is 0 Å². The van der Waals surface area contributed by atoms with Gasteiger partial charge < -0.3 is 15.0 Å². The predicted molar refractivity (Wildman–Crippen MR) is 68.4 cm³/mol. The summed E-state index contributed by atoms with van der Waals surface area (Å²) in [7, 11) is 0. The molecule has 0 aromatic heterocycles. The summed E-state index contributed by atoms with van der Waals surface area (Å²) in [6, 6.07) is 4.78. The molecule has 1 heterocycles. The number of nitrogens with zero attached hydrogens (tertiary/aromatic N) is 1. The molecule has 4 nitrogen and oxygen atoms in total. The number of nitrogens with one attached hydrogen (secondary N) is 1. The van der Waals surface area contributed by atoms with Crippen LogP contribution in [0.1, 0.15) is 13.3 Å². The summed E-state index contributed by atoms with van der Waals surface area (Å²) in [6.07, 6.45) is 0.335. The van der Waals surface area contributed by atoms with Gasteiger partial charge in [-0.25, -0.2) is 4.39 Å². The van der Waals surface area contributed by atoms with Crippen molar-refractivity contribution in [3.63, 3.8) is 0 Å². The topological polar surface area (TPSA) is 41.6 Å². The molecule has 1 N–H and O–H groups in total. The summed E-state index contributed by atoms with van der Waals surface area (Å²) < 4.78 is 18.8. The molecule has 2 rings (SSSR count). The van der Waals surface area contributed by atoms with Gasteiger partial charge in [-0.15, -0.1) is 0 Å². The van der Waals surface area contributed by atoms with Crippen molar-refractivity contribution in [2.45, 2.75) is 13.3 Å². The van der Waals surface area contributed by atoms with E-state index in [0.717, 1.165) is 18.8 Å². The van der Waals surface area contributed by atoms with Crippen LogP contribution in [0.4, 0.5) is 15.8 Å². The van der Waals surface area contributed by atoms with Gasteiger partial charge in [0, 0.05) is 25.2 Å². The number of anilines is 2. The summed E-state index contributed by atoms with van der Waals surface area (Å²) >= 11 is 0. The molecule has 1 aliphatic rings. The van der Waals surface area contributed by atoms with Crippen LogP contribution in [0.25, 0.3) is 0 Å². The Hall–Kier alpha value is -1.62. The van der Waals surface area contributed by atoms with E-state index in [9.17, 15) is 9.18 Å². The Morgan fingerprint density at radius 2 is 2.17 bits per heavy atom. The highest BCUT2D eigenvalue weighted by atomic mass is 19.1. The summed E-state index contributed by atoms with van der Waals surface area (Å²) in [5.41, 5.74) is 1.15. The average Bonchev–Trinajstić information content (AvgIpc) is 2.42. The first kappa shape index (κ1) is 12.8. The van der Waals surface area contributed by atoms with E-state index in [4.69, 9.17) is 4.74 Å². The first-order chi connectivity index (χ1) is 8.70. The number of hydrogen-bond acceptors (Lipinski definition) is 3. The number of carbonyl (C=O) groups is 1. The molecule has 0 spiro atoms. The Labute approximate surface area is 106 Å². The van der Waals surface area contributed by atoms with Crippen LogP contribution in [-0.4, -0.2) is 32.2 Å². The Bertz CT molecular complexity index is 431. The highest BCUT2D eigenvalue weighted by Crippen LogP contribution is 2.23. The molecule has 1 aromatic rings. The van der Waals surface area contributed by atoms with E-state index in [1.165, 1.54) is 6.07 Å². The molecular weight excluding hydrogens is 235 g/mol. The number of morpholine rings is 1. The Morgan fingerprint density at radius 3 is 2.83 bits per heavy atom. The molecule has 0 bridgehead atoms. The van der Waals surface area contributed by atoms with Crippen molar-refractivity contribution in [2.75, 3.05) is 36.5 Å². The Morgan fingerprint density at radius 1 is 1.44 bits per heavy atom. The molecular formula is C13H17FN2O2. The molecule has 1 amide bonds. The first-order valence-corrected chi connectivity index (χ1v) is 6.13. The lowest BCUT2D eigenvalue weighted by Crippen LogP contribution is -2.36. The fourth-order valence-electron chi connectivity index (χ4n) is 1.87. The third kappa shape index (κ3) is 2.98. The highest BCUT2D eigenvalue weighted by molar-refractivity contribution is 5.91. The fraction of sp³-hybridized carbons (Fsp3) is 0.462. The molecule has 0 unspecified atom stereocenters. The molecule has 1 saturated heterocycles. The second-order valence-electron chi connectivity index (χ2n) is 4.17. The van der Waals surface area contributed by atoms with Gasteiger partial charge in [0.2, 0.25) is 5.91 Å². The van der Waals surface area contributed by atoms with Gasteiger partial charge in [-0.05, 0) is 18.2 Å². The molecule has 1 aliphatic heterocycles. The monoisotopic (exact) mass is 252 g/mol. The summed E-state index contributed by atoms with van der Waals surface area (Å²) in [4.78, 5) is 13.4. The zero-order valence-electron chi connectivity index (χ0n) is 10.4. The number of rotatable bonds is 3. The van der Waals surface area contributed by atoms with Crippen molar-refractivity contribution < 1.29 is 13.9 Å². The maximum absolute atomic E-state index is 13.6. The molecule has 1 fully saturated rings. The zero-order chi connectivity index (χ0) is 13.0. The normalized spacial score (nSPS) is 15.6. The van der Waals surface area contributed by atoms with Crippen molar-refractivity contribution in [1.82, 2.24) is 0 Å². The number of halogens is 1. The van der Waals surface area contributed by atoms with Crippen LogP contribution >= 0.6 is 0 Å². The van der Waals surface area contributed by atoms with Crippen LogP contribution in [0.3, 0.4) is 0 Å². The minimum Gasteiger partial charge on any atom is -0.378 e. The summed E-state index contributed by atoms with van der Waals surface area (Å²) in [5.74, 6) is -0.596. The number of carbonyl (C=O) groups excluding carboxylic acids is 1. The van der Waals surface area contributed by atoms with E-state index in [2.05, 4.69) is 10.2 Å². The number of amides is 1. The van der Waals surface area contributed by atoms with Crippen LogP contribution in [0, 0.1) is 5.82 Å². The van der Waals surface area contributed by atoms with Crippen LogP contribution in [0.2, 0.25) is 0 Å². The summed E-state index contributed by atoms with van der Waals surface area (Å²) in [6.45, 7) is 4.65. The van der Waals surface area contributed by atoms with Gasteiger partial charge in [0.1, 0.15) is 5.82 Å². The minimum atomic E-state index is -0.409. The van der Waals surface area contributed by atoms with Crippen molar-refractivity contribution in [3.8, 4) is 0 Å². The Balaban J connectivity index is 2.16. The Kier molecular flexibility index (Phi) is 4.15. The van der Waals surface area contributed by atoms with E-state index in [1.807, 2.05) is 0 Å². The van der Waals surface area contributed by atoms with Gasteiger partial charge in [-0.3, -0.25) is 4.79 Å². The molecule has 1 aromatic carbocycles. The molecule has 0 atom stereocenters. The lowest BCUT2D eigenvalue weighted by atomic mass is 10.2. The minimum absolute atomic E-state index is 0.187. The van der Waals surface area contributed by atoms with E-state index >= 15 is 0 Å². The van der Waals surface area contributed by atoms with Crippen LogP contribution in [0.15, 0.2) is 18.2 Å². The largest absolute Gasteiger partial charge is 0.378 e. The molecule has 0 saturated carbocycles. The van der Waals surface area contributed by atoms with Gasteiger partial charge >= 0.3 is 0 Å². The fourth-order valence-corrected chi connectivity index (χ4v) is 1.87. The third-order valence-electron chi connectivity index (χ3n) is 2.92. The van der Waals surface area contributed by atoms with E-state index < -0.39 is 5.82 Å². The number of ether oxygens (including phenoxy) is 1. The molecule has 0 radical (unpaired) electrons. The van der Waals surface area contributed by atoms with Gasteiger partial charge in [-0.1, -0.05) is 6.92 Å². The number of benzene rings is 1. The predicted octanol–water partition coefficient (Wildman–Crippen LogP) is 2.01. The van der Waals surface area contributed by atoms with Gasteiger partial charge in [0.15, 0.2) is 0 Å². The highest BCUT2D eigenvalue weighted by Gasteiger charge is 2.13. The van der Waals surface area contributed by atoms with E-state index in [1.54, 1.807) is 19.1 Å². The smallest absolute Gasteiger partial charge is 0.224 e. The lowest BCUT2D eigenvalue weighted by molar-refractivity contribution is -0.115. The third-order valence-corrected chi connectivity index (χ3v) is 2.92. The standard InChI is InChI=1S/C13H17FN2O2/c1-2-13(17)15-12-9-10(3-4-11(12)14)16-5-7-18-8-6-16/h3-4,9H,2,5-8H2,1H3,(H,15,17). The van der Waals surface area contributed by atoms with Crippen molar-refractivity contribution in [2.24, 2.45) is 0 Å². The van der Waals surface area contributed by atoms with Crippen LogP contribution < -0.4 is 10.2 Å². The van der Waals surface area contributed by atoms with Crippen molar-refractivity contribution in [3.05, 3.63) is 24.0 Å². The number of hydrogen-bond donors (Lipinski definition) is 1. The molecule has 98 valence electrons. The van der Waals surface area contributed by atoms with Gasteiger partial charge in [0.25, 0.3) is 0 Å². The zero-order valence-corrected chi connectivity index (χ0v) is 10.4. The van der Waals surface area contributed by atoms with Crippen LogP contribution in [-0.2, 0) is 9.53 Å². The van der Waals surface area contributed by atoms with Crippen molar-refractivity contribution >= 4 is 17.3 Å². The maximum Gasteiger partial charge on any atom is 0.224 e. The molecule has 5 heteroatoms. The molecule has 0 aliphatic carbocycles. The molecule has 18 heavy (non-hydrogen) atoms.